The van der Waals surface area contributed by atoms with E-state index < -0.39 is 11.6 Å². The fourth-order valence-electron chi connectivity index (χ4n) is 4.25. The van der Waals surface area contributed by atoms with Crippen molar-refractivity contribution in [2.24, 2.45) is 10.9 Å². The van der Waals surface area contributed by atoms with E-state index in [9.17, 15) is 5.11 Å². The zero-order chi connectivity index (χ0) is 20.9. The Morgan fingerprint density at radius 1 is 1.00 bits per heavy atom. The highest BCUT2D eigenvalue weighted by atomic mass is 35.5. The van der Waals surface area contributed by atoms with Crippen LogP contribution in [-0.2, 0) is 5.54 Å². The van der Waals surface area contributed by atoms with Gasteiger partial charge in [-0.15, -0.1) is 0 Å². The standard InChI is InChI=1S/C23H24Cl2N2OS/c1-13(2)19-20(14(3)28)29-22-26-23(4,16-7-11-18(25)12-8-16)21(27(19)22)15-5-9-17(24)10-6-15/h5-14,21,28H,1-4H3/t14?,21-,23+/m1/s1. The molecule has 0 amide bonds. The number of nitrogens with zero attached hydrogens (tertiary/aromatic N) is 2. The first-order valence-electron chi connectivity index (χ1n) is 9.73. The van der Waals surface area contributed by atoms with E-state index in [0.717, 1.165) is 26.9 Å². The summed E-state index contributed by atoms with van der Waals surface area (Å²) in [5, 5.41) is 12.8. The largest absolute Gasteiger partial charge is 0.388 e. The van der Waals surface area contributed by atoms with E-state index in [1.807, 2.05) is 31.2 Å². The summed E-state index contributed by atoms with van der Waals surface area (Å²) in [5.74, 6) is 0.252. The number of fused-ring (bicyclic) bond motifs is 1. The van der Waals surface area contributed by atoms with Crippen LogP contribution in [0.15, 0.2) is 64.1 Å². The van der Waals surface area contributed by atoms with Crippen molar-refractivity contribution in [1.82, 2.24) is 4.90 Å². The lowest BCUT2D eigenvalue weighted by Crippen LogP contribution is -2.36. The third kappa shape index (κ3) is 3.50. The molecule has 1 unspecified atom stereocenters. The summed E-state index contributed by atoms with van der Waals surface area (Å²) < 4.78 is 0. The molecule has 0 aliphatic carbocycles. The summed E-state index contributed by atoms with van der Waals surface area (Å²) in [6.07, 6.45) is -0.529. The van der Waals surface area contributed by atoms with E-state index in [4.69, 9.17) is 28.2 Å². The van der Waals surface area contributed by atoms with Crippen molar-refractivity contribution >= 4 is 40.1 Å². The number of allylic oxidation sites excluding steroid dienone is 1. The summed E-state index contributed by atoms with van der Waals surface area (Å²) in [6, 6.07) is 15.9. The molecule has 0 saturated carbocycles. The van der Waals surface area contributed by atoms with E-state index in [1.165, 1.54) is 0 Å². The van der Waals surface area contributed by atoms with Crippen LogP contribution < -0.4 is 0 Å². The molecule has 3 nitrogen and oxygen atoms in total. The molecule has 29 heavy (non-hydrogen) atoms. The number of hydrogen-bond acceptors (Lipinski definition) is 4. The third-order valence-corrected chi connectivity index (χ3v) is 7.32. The minimum absolute atomic E-state index is 0.0444. The van der Waals surface area contributed by atoms with Gasteiger partial charge in [-0.2, -0.15) is 0 Å². The fraction of sp³-hybridized carbons (Fsp3) is 0.348. The van der Waals surface area contributed by atoms with Gasteiger partial charge in [-0.3, -0.25) is 0 Å². The maximum atomic E-state index is 10.4. The highest BCUT2D eigenvalue weighted by molar-refractivity contribution is 8.17. The minimum Gasteiger partial charge on any atom is -0.388 e. The number of rotatable bonds is 4. The van der Waals surface area contributed by atoms with Crippen molar-refractivity contribution in [2.45, 2.75) is 45.4 Å². The molecule has 2 aromatic rings. The van der Waals surface area contributed by atoms with Gasteiger partial charge in [0, 0.05) is 20.6 Å². The van der Waals surface area contributed by atoms with Crippen molar-refractivity contribution in [1.29, 1.82) is 0 Å². The second kappa shape index (κ2) is 7.66. The van der Waals surface area contributed by atoms with Gasteiger partial charge in [0.2, 0.25) is 0 Å². The van der Waals surface area contributed by atoms with Gasteiger partial charge in [0.25, 0.3) is 0 Å². The number of aliphatic imine (C=N–C) groups is 1. The molecule has 3 atom stereocenters. The van der Waals surface area contributed by atoms with Crippen LogP contribution in [0.2, 0.25) is 10.0 Å². The monoisotopic (exact) mass is 446 g/mol. The Labute approximate surface area is 186 Å². The number of amidine groups is 1. The van der Waals surface area contributed by atoms with Gasteiger partial charge in [0.05, 0.1) is 12.1 Å². The van der Waals surface area contributed by atoms with Crippen molar-refractivity contribution in [3.8, 4) is 0 Å². The van der Waals surface area contributed by atoms with E-state index in [2.05, 4.69) is 49.9 Å². The Morgan fingerprint density at radius 3 is 2.07 bits per heavy atom. The van der Waals surface area contributed by atoms with Crippen LogP contribution >= 0.6 is 35.0 Å². The van der Waals surface area contributed by atoms with Crippen LogP contribution in [0.3, 0.4) is 0 Å². The summed E-state index contributed by atoms with van der Waals surface area (Å²) in [5.41, 5.74) is 2.88. The van der Waals surface area contributed by atoms with E-state index in [-0.39, 0.29) is 12.0 Å². The number of aliphatic hydroxyl groups is 1. The normalized spacial score (nSPS) is 24.9. The maximum Gasteiger partial charge on any atom is 0.169 e. The molecule has 2 aliphatic heterocycles. The predicted octanol–water partition coefficient (Wildman–Crippen LogP) is 6.62. The summed E-state index contributed by atoms with van der Waals surface area (Å²) >= 11 is 13.9. The van der Waals surface area contributed by atoms with E-state index in [0.29, 0.717) is 10.0 Å². The Hall–Kier alpha value is -1.46. The first kappa shape index (κ1) is 20.8. The molecule has 0 spiro atoms. The number of thioether (sulfide) groups is 1. The maximum absolute atomic E-state index is 10.4. The van der Waals surface area contributed by atoms with Gasteiger partial charge < -0.3 is 10.0 Å². The number of hydrogen-bond donors (Lipinski definition) is 1. The molecule has 0 bridgehead atoms. The summed E-state index contributed by atoms with van der Waals surface area (Å²) in [6.45, 7) is 8.32. The highest BCUT2D eigenvalue weighted by Crippen LogP contribution is 2.56. The molecular weight excluding hydrogens is 423 g/mol. The average Bonchev–Trinajstić information content (AvgIpc) is 3.16. The molecule has 0 fully saturated rings. The molecule has 0 radical (unpaired) electrons. The molecule has 6 heteroatoms. The minimum atomic E-state index is -0.529. The highest BCUT2D eigenvalue weighted by Gasteiger charge is 2.52. The van der Waals surface area contributed by atoms with E-state index in [1.54, 1.807) is 11.8 Å². The SMILES string of the molecule is CC(C)C1=C(C(C)O)SC2=N[C@@](C)(c3ccc(Cl)cc3)[C@@H](c3ccc(Cl)cc3)N21. The van der Waals surface area contributed by atoms with Crippen molar-refractivity contribution in [3.63, 3.8) is 0 Å². The first-order chi connectivity index (χ1) is 13.7. The van der Waals surface area contributed by atoms with E-state index >= 15 is 0 Å². The Balaban J connectivity index is 1.91. The summed E-state index contributed by atoms with van der Waals surface area (Å²) in [7, 11) is 0. The molecule has 2 aliphatic rings. The molecule has 4 rings (SSSR count). The topological polar surface area (TPSA) is 35.8 Å². The number of aliphatic hydroxyl groups excluding tert-OH is 1. The molecule has 0 saturated heterocycles. The zero-order valence-electron chi connectivity index (χ0n) is 16.9. The van der Waals surface area contributed by atoms with Gasteiger partial charge in [-0.25, -0.2) is 4.99 Å². The molecule has 1 N–H and O–H groups in total. The smallest absolute Gasteiger partial charge is 0.169 e. The van der Waals surface area contributed by atoms with Gasteiger partial charge in [0.15, 0.2) is 5.17 Å². The fourth-order valence-corrected chi connectivity index (χ4v) is 5.84. The number of halogens is 2. The number of benzene rings is 2. The van der Waals surface area contributed by atoms with Gasteiger partial charge in [-0.05, 0) is 55.2 Å². The van der Waals surface area contributed by atoms with Crippen molar-refractivity contribution in [3.05, 3.63) is 80.3 Å². The average molecular weight is 447 g/mol. The van der Waals surface area contributed by atoms with Gasteiger partial charge in [0.1, 0.15) is 5.54 Å². The third-order valence-electron chi connectivity index (χ3n) is 5.58. The van der Waals surface area contributed by atoms with Gasteiger partial charge >= 0.3 is 0 Å². The lowest BCUT2D eigenvalue weighted by Gasteiger charge is -2.37. The second-order valence-electron chi connectivity index (χ2n) is 8.06. The Kier molecular flexibility index (Phi) is 5.49. The van der Waals surface area contributed by atoms with Crippen LogP contribution in [-0.4, -0.2) is 21.3 Å². The lowest BCUT2D eigenvalue weighted by molar-refractivity contribution is 0.228. The Bertz CT molecular complexity index is 983. The van der Waals surface area contributed by atoms with Crippen molar-refractivity contribution < 1.29 is 5.11 Å². The van der Waals surface area contributed by atoms with Crippen molar-refractivity contribution in [2.75, 3.05) is 0 Å². The van der Waals surface area contributed by atoms with Crippen LogP contribution in [0.4, 0.5) is 0 Å². The second-order valence-corrected chi connectivity index (χ2v) is 9.94. The Morgan fingerprint density at radius 2 is 1.55 bits per heavy atom. The molecule has 152 valence electrons. The zero-order valence-corrected chi connectivity index (χ0v) is 19.2. The molecule has 2 heterocycles. The predicted molar refractivity (Wildman–Crippen MR) is 123 cm³/mol. The van der Waals surface area contributed by atoms with Crippen LogP contribution in [0.5, 0.6) is 0 Å². The molecule has 0 aromatic heterocycles. The summed E-state index contributed by atoms with van der Waals surface area (Å²) in [4.78, 5) is 8.50. The molecule has 2 aromatic carbocycles. The lowest BCUT2D eigenvalue weighted by atomic mass is 9.81. The molecular formula is C23H24Cl2N2OS. The quantitative estimate of drug-likeness (QED) is 0.572. The first-order valence-corrected chi connectivity index (χ1v) is 11.3. The van der Waals surface area contributed by atoms with Gasteiger partial charge in [-0.1, -0.05) is 73.1 Å². The van der Waals surface area contributed by atoms with Crippen LogP contribution in [0.25, 0.3) is 0 Å². The van der Waals surface area contributed by atoms with Crippen LogP contribution in [0, 0.1) is 5.92 Å². The van der Waals surface area contributed by atoms with Crippen LogP contribution in [0.1, 0.15) is 44.9 Å².